The highest BCUT2D eigenvalue weighted by Crippen LogP contribution is 2.13. The molecule has 1 saturated heterocycles. The van der Waals surface area contributed by atoms with Crippen LogP contribution in [0.3, 0.4) is 0 Å². The van der Waals surface area contributed by atoms with Crippen LogP contribution in [0.5, 0.6) is 0 Å². The van der Waals surface area contributed by atoms with Crippen LogP contribution in [-0.2, 0) is 11.3 Å². The zero-order valence-corrected chi connectivity index (χ0v) is 11.6. The minimum atomic E-state index is 0. The fraction of sp³-hybridized carbons (Fsp3) is 0.667. The molecule has 1 unspecified atom stereocenters. The second kappa shape index (κ2) is 6.75. The van der Waals surface area contributed by atoms with E-state index in [-0.39, 0.29) is 24.2 Å². The van der Waals surface area contributed by atoms with E-state index in [0.29, 0.717) is 6.54 Å². The van der Waals surface area contributed by atoms with Crippen molar-refractivity contribution in [3.05, 3.63) is 17.0 Å². The molecule has 6 heteroatoms. The number of carbonyl (C=O) groups excluding carboxylic acids is 1. The molecule has 0 aliphatic carbocycles. The maximum Gasteiger partial charge on any atom is 0.224 e. The summed E-state index contributed by atoms with van der Waals surface area (Å²) in [6.07, 6.45) is 2.05. The summed E-state index contributed by atoms with van der Waals surface area (Å²) in [5, 5.41) is 10.1. The lowest BCUT2D eigenvalue weighted by atomic mass is 9.99. The molecular formula is C12H20ClN3O2. The average molecular weight is 274 g/mol. The minimum absolute atomic E-state index is 0. The zero-order chi connectivity index (χ0) is 12.3. The molecule has 1 fully saturated rings. The molecule has 1 atom stereocenters. The predicted octanol–water partition coefficient (Wildman–Crippen LogP) is 1.33. The smallest absolute Gasteiger partial charge is 0.224 e. The molecule has 18 heavy (non-hydrogen) atoms. The Morgan fingerprint density at radius 2 is 2.33 bits per heavy atom. The van der Waals surface area contributed by atoms with Crippen molar-refractivity contribution in [1.82, 2.24) is 15.8 Å². The average Bonchev–Trinajstić information content (AvgIpc) is 2.67. The first kappa shape index (κ1) is 15.0. The van der Waals surface area contributed by atoms with Gasteiger partial charge in [-0.3, -0.25) is 4.79 Å². The summed E-state index contributed by atoms with van der Waals surface area (Å²) in [5.41, 5.74) is 1.84. The van der Waals surface area contributed by atoms with Crippen LogP contribution < -0.4 is 10.6 Å². The second-order valence-corrected chi connectivity index (χ2v) is 4.56. The van der Waals surface area contributed by atoms with Gasteiger partial charge in [-0.15, -0.1) is 12.4 Å². The first-order valence-electron chi connectivity index (χ1n) is 6.08. The van der Waals surface area contributed by atoms with Gasteiger partial charge in [-0.25, -0.2) is 0 Å². The largest absolute Gasteiger partial charge is 0.361 e. The molecule has 5 nitrogen and oxygen atoms in total. The fourth-order valence-corrected chi connectivity index (χ4v) is 2.15. The normalized spacial score (nSPS) is 19.1. The van der Waals surface area contributed by atoms with Gasteiger partial charge < -0.3 is 15.2 Å². The molecule has 1 aromatic rings. The number of amides is 1. The van der Waals surface area contributed by atoms with Gasteiger partial charge in [0.15, 0.2) is 0 Å². The number of carbonyl (C=O) groups is 1. The first-order valence-corrected chi connectivity index (χ1v) is 6.08. The van der Waals surface area contributed by atoms with Crippen LogP contribution in [0.15, 0.2) is 4.52 Å². The van der Waals surface area contributed by atoms with E-state index in [1.807, 2.05) is 13.8 Å². The molecule has 2 rings (SSSR count). The third-order valence-electron chi connectivity index (χ3n) is 3.29. The van der Waals surface area contributed by atoms with Crippen molar-refractivity contribution in [3.8, 4) is 0 Å². The summed E-state index contributed by atoms with van der Waals surface area (Å²) >= 11 is 0. The van der Waals surface area contributed by atoms with Gasteiger partial charge in [0.25, 0.3) is 0 Å². The Kier molecular flexibility index (Phi) is 5.62. The summed E-state index contributed by atoms with van der Waals surface area (Å²) in [7, 11) is 0. The Labute approximate surface area is 113 Å². The SMILES string of the molecule is Cc1noc(C)c1CNC(=O)C1CCCNC1.Cl. The van der Waals surface area contributed by atoms with Gasteiger partial charge in [0, 0.05) is 18.7 Å². The first-order chi connectivity index (χ1) is 8.18. The Morgan fingerprint density at radius 1 is 1.56 bits per heavy atom. The van der Waals surface area contributed by atoms with E-state index < -0.39 is 0 Å². The van der Waals surface area contributed by atoms with Crippen LogP contribution in [0.4, 0.5) is 0 Å². The number of hydrogen-bond donors (Lipinski definition) is 2. The molecule has 0 spiro atoms. The fourth-order valence-electron chi connectivity index (χ4n) is 2.15. The van der Waals surface area contributed by atoms with Crippen LogP contribution >= 0.6 is 12.4 Å². The molecule has 1 aromatic heterocycles. The molecule has 1 aliphatic heterocycles. The van der Waals surface area contributed by atoms with E-state index in [4.69, 9.17) is 4.52 Å². The standard InChI is InChI=1S/C12H19N3O2.ClH/c1-8-11(9(2)17-15-8)7-14-12(16)10-4-3-5-13-6-10;/h10,13H,3-7H2,1-2H3,(H,14,16);1H. The highest BCUT2D eigenvalue weighted by Gasteiger charge is 2.21. The van der Waals surface area contributed by atoms with Crippen molar-refractivity contribution < 1.29 is 9.32 Å². The van der Waals surface area contributed by atoms with Gasteiger partial charge >= 0.3 is 0 Å². The van der Waals surface area contributed by atoms with Gasteiger partial charge in [-0.2, -0.15) is 0 Å². The number of rotatable bonds is 3. The van der Waals surface area contributed by atoms with Gasteiger partial charge in [-0.05, 0) is 33.2 Å². The van der Waals surface area contributed by atoms with E-state index >= 15 is 0 Å². The number of aryl methyl sites for hydroxylation is 2. The van der Waals surface area contributed by atoms with E-state index in [0.717, 1.165) is 42.9 Å². The third kappa shape index (κ3) is 3.46. The van der Waals surface area contributed by atoms with Crippen molar-refractivity contribution in [2.45, 2.75) is 33.2 Å². The Balaban J connectivity index is 0.00000162. The number of hydrogen-bond acceptors (Lipinski definition) is 4. The number of nitrogens with zero attached hydrogens (tertiary/aromatic N) is 1. The summed E-state index contributed by atoms with van der Waals surface area (Å²) in [4.78, 5) is 11.9. The number of nitrogens with one attached hydrogen (secondary N) is 2. The van der Waals surface area contributed by atoms with Crippen molar-refractivity contribution in [1.29, 1.82) is 0 Å². The van der Waals surface area contributed by atoms with Crippen molar-refractivity contribution in [2.75, 3.05) is 13.1 Å². The number of aromatic nitrogens is 1. The maximum absolute atomic E-state index is 11.9. The van der Waals surface area contributed by atoms with E-state index in [1.54, 1.807) is 0 Å². The van der Waals surface area contributed by atoms with Crippen LogP contribution in [-0.4, -0.2) is 24.2 Å². The van der Waals surface area contributed by atoms with E-state index in [1.165, 1.54) is 0 Å². The Bertz CT molecular complexity index is 381. The van der Waals surface area contributed by atoms with Crippen molar-refractivity contribution in [3.63, 3.8) is 0 Å². The van der Waals surface area contributed by atoms with Crippen molar-refractivity contribution >= 4 is 18.3 Å². The summed E-state index contributed by atoms with van der Waals surface area (Å²) in [5.74, 6) is 1.01. The molecule has 0 radical (unpaired) electrons. The molecule has 1 amide bonds. The molecule has 2 heterocycles. The molecule has 2 N–H and O–H groups in total. The molecule has 102 valence electrons. The second-order valence-electron chi connectivity index (χ2n) is 4.56. The molecule has 0 bridgehead atoms. The van der Waals surface area contributed by atoms with Crippen LogP contribution in [0.25, 0.3) is 0 Å². The Hall–Kier alpha value is -1.07. The topological polar surface area (TPSA) is 67.2 Å². The lowest BCUT2D eigenvalue weighted by molar-refractivity contribution is -0.125. The van der Waals surface area contributed by atoms with Gasteiger partial charge in [0.1, 0.15) is 5.76 Å². The highest BCUT2D eigenvalue weighted by atomic mass is 35.5. The van der Waals surface area contributed by atoms with E-state index in [2.05, 4.69) is 15.8 Å². The molecule has 0 aromatic carbocycles. The monoisotopic (exact) mass is 273 g/mol. The van der Waals surface area contributed by atoms with Gasteiger partial charge in [-0.1, -0.05) is 5.16 Å². The summed E-state index contributed by atoms with van der Waals surface area (Å²) in [6, 6.07) is 0. The van der Waals surface area contributed by atoms with Crippen LogP contribution in [0, 0.1) is 19.8 Å². The maximum atomic E-state index is 11.9. The minimum Gasteiger partial charge on any atom is -0.361 e. The lowest BCUT2D eigenvalue weighted by Crippen LogP contribution is -2.40. The lowest BCUT2D eigenvalue weighted by Gasteiger charge is -2.21. The summed E-state index contributed by atoms with van der Waals surface area (Å²) in [6.45, 7) is 6.07. The molecule has 1 aliphatic rings. The zero-order valence-electron chi connectivity index (χ0n) is 10.8. The van der Waals surface area contributed by atoms with Crippen LogP contribution in [0.2, 0.25) is 0 Å². The molecule has 0 saturated carbocycles. The van der Waals surface area contributed by atoms with E-state index in [9.17, 15) is 4.79 Å². The van der Waals surface area contributed by atoms with Gasteiger partial charge in [0.05, 0.1) is 11.6 Å². The summed E-state index contributed by atoms with van der Waals surface area (Å²) < 4.78 is 5.06. The molecular weight excluding hydrogens is 254 g/mol. The third-order valence-corrected chi connectivity index (χ3v) is 3.29. The van der Waals surface area contributed by atoms with Crippen LogP contribution in [0.1, 0.15) is 29.9 Å². The number of piperidine rings is 1. The highest BCUT2D eigenvalue weighted by molar-refractivity contribution is 5.85. The predicted molar refractivity (Wildman–Crippen MR) is 70.7 cm³/mol. The van der Waals surface area contributed by atoms with Gasteiger partial charge in [0.2, 0.25) is 5.91 Å². The quantitative estimate of drug-likeness (QED) is 0.872. The Morgan fingerprint density at radius 3 is 2.89 bits per heavy atom. The van der Waals surface area contributed by atoms with Crippen molar-refractivity contribution in [2.24, 2.45) is 5.92 Å². The number of halogens is 1.